The number of rotatable bonds is 5. The van der Waals surface area contributed by atoms with Crippen molar-refractivity contribution in [3.05, 3.63) is 30.1 Å². The fraction of sp³-hybridized carbons (Fsp3) is 0.562. The van der Waals surface area contributed by atoms with E-state index in [1.165, 1.54) is 18.2 Å². The molecule has 1 aromatic carbocycles. The van der Waals surface area contributed by atoms with Crippen LogP contribution >= 0.6 is 0 Å². The van der Waals surface area contributed by atoms with Crippen LogP contribution in [0.2, 0.25) is 0 Å². The van der Waals surface area contributed by atoms with E-state index in [2.05, 4.69) is 6.92 Å². The van der Waals surface area contributed by atoms with Crippen LogP contribution in [0, 0.1) is 11.7 Å². The fourth-order valence-corrected chi connectivity index (χ4v) is 3.66. The van der Waals surface area contributed by atoms with E-state index in [9.17, 15) is 17.6 Å². The number of likely N-dealkylation sites (tertiary alicyclic amines) is 1. The summed E-state index contributed by atoms with van der Waals surface area (Å²) < 4.78 is 38.8. The van der Waals surface area contributed by atoms with Gasteiger partial charge in [-0.25, -0.2) is 12.8 Å². The molecule has 7 heteroatoms. The Morgan fingerprint density at radius 3 is 2.48 bits per heavy atom. The predicted molar refractivity (Wildman–Crippen MR) is 88.2 cm³/mol. The van der Waals surface area contributed by atoms with E-state index >= 15 is 0 Å². The van der Waals surface area contributed by atoms with Gasteiger partial charge in [0.15, 0.2) is 0 Å². The molecule has 0 aromatic heterocycles. The Bertz CT molecular complexity index is 655. The Morgan fingerprint density at radius 1 is 1.30 bits per heavy atom. The minimum atomic E-state index is -3.65. The molecule has 0 atom stereocenters. The number of benzene rings is 1. The highest BCUT2D eigenvalue weighted by Gasteiger charge is 2.24. The van der Waals surface area contributed by atoms with Gasteiger partial charge in [-0.05, 0) is 30.9 Å². The summed E-state index contributed by atoms with van der Waals surface area (Å²) in [5.74, 6) is -0.0796. The van der Waals surface area contributed by atoms with Crippen LogP contribution in [0.15, 0.2) is 24.3 Å². The summed E-state index contributed by atoms with van der Waals surface area (Å²) in [5, 5.41) is 0. The molecule has 0 radical (unpaired) electrons. The van der Waals surface area contributed by atoms with Gasteiger partial charge in [0, 0.05) is 26.1 Å². The SMILES string of the molecule is CC1CCN(C(=O)CCN(c2ccccc2F)S(C)(=O)=O)CC1. The molecule has 1 aliphatic heterocycles. The molecule has 1 aliphatic rings. The molecule has 5 nitrogen and oxygen atoms in total. The van der Waals surface area contributed by atoms with Gasteiger partial charge in [-0.3, -0.25) is 9.10 Å². The van der Waals surface area contributed by atoms with Crippen LogP contribution in [0.25, 0.3) is 0 Å². The van der Waals surface area contributed by atoms with Gasteiger partial charge < -0.3 is 4.90 Å². The predicted octanol–water partition coefficient (Wildman–Crippen LogP) is 2.24. The lowest BCUT2D eigenvalue weighted by Crippen LogP contribution is -2.40. The van der Waals surface area contributed by atoms with E-state index < -0.39 is 15.8 Å². The highest BCUT2D eigenvalue weighted by atomic mass is 32.2. The number of carbonyl (C=O) groups excluding carboxylic acids is 1. The number of para-hydroxylation sites is 1. The van der Waals surface area contributed by atoms with E-state index in [0.29, 0.717) is 19.0 Å². The van der Waals surface area contributed by atoms with Crippen molar-refractivity contribution in [1.29, 1.82) is 0 Å². The molecule has 23 heavy (non-hydrogen) atoms. The van der Waals surface area contributed by atoms with Gasteiger partial charge in [0.05, 0.1) is 11.9 Å². The monoisotopic (exact) mass is 342 g/mol. The van der Waals surface area contributed by atoms with Crippen LogP contribution in [-0.2, 0) is 14.8 Å². The van der Waals surface area contributed by atoms with Crippen molar-refractivity contribution in [2.24, 2.45) is 5.92 Å². The normalized spacial score (nSPS) is 16.4. The zero-order valence-electron chi connectivity index (χ0n) is 13.5. The lowest BCUT2D eigenvalue weighted by molar-refractivity contribution is -0.132. The van der Waals surface area contributed by atoms with Gasteiger partial charge in [-0.1, -0.05) is 19.1 Å². The van der Waals surface area contributed by atoms with Crippen LogP contribution < -0.4 is 4.31 Å². The molecular weight excluding hydrogens is 319 g/mol. The molecule has 0 spiro atoms. The van der Waals surface area contributed by atoms with E-state index in [-0.39, 0.29) is 24.6 Å². The second-order valence-corrected chi connectivity index (χ2v) is 8.01. The van der Waals surface area contributed by atoms with Crippen LogP contribution in [-0.4, -0.2) is 45.1 Å². The lowest BCUT2D eigenvalue weighted by Gasteiger charge is -2.31. The molecule has 0 aliphatic carbocycles. The molecule has 1 amide bonds. The third kappa shape index (κ3) is 4.67. The Kier molecular flexibility index (Phi) is 5.62. The molecule has 1 aromatic rings. The topological polar surface area (TPSA) is 57.7 Å². The first-order valence-corrected chi connectivity index (χ1v) is 9.64. The van der Waals surface area contributed by atoms with Crippen LogP contribution in [0.1, 0.15) is 26.2 Å². The van der Waals surface area contributed by atoms with Crippen molar-refractivity contribution < 1.29 is 17.6 Å². The van der Waals surface area contributed by atoms with Crippen molar-refractivity contribution in [1.82, 2.24) is 4.90 Å². The summed E-state index contributed by atoms with van der Waals surface area (Å²) in [7, 11) is -3.65. The summed E-state index contributed by atoms with van der Waals surface area (Å²) in [6.45, 7) is 3.52. The number of amides is 1. The average molecular weight is 342 g/mol. The second kappa shape index (κ2) is 7.29. The summed E-state index contributed by atoms with van der Waals surface area (Å²) >= 11 is 0. The maximum absolute atomic E-state index is 13.9. The highest BCUT2D eigenvalue weighted by molar-refractivity contribution is 7.92. The highest BCUT2D eigenvalue weighted by Crippen LogP contribution is 2.22. The number of anilines is 1. The number of hydrogen-bond donors (Lipinski definition) is 0. The minimum Gasteiger partial charge on any atom is -0.343 e. The average Bonchev–Trinajstić information content (AvgIpc) is 2.48. The van der Waals surface area contributed by atoms with Crippen LogP contribution in [0.4, 0.5) is 10.1 Å². The quantitative estimate of drug-likeness (QED) is 0.824. The second-order valence-electron chi connectivity index (χ2n) is 6.10. The molecule has 0 unspecified atom stereocenters. The van der Waals surface area contributed by atoms with Gasteiger partial charge in [0.2, 0.25) is 15.9 Å². The Hall–Kier alpha value is -1.63. The molecule has 1 heterocycles. The van der Waals surface area contributed by atoms with Gasteiger partial charge >= 0.3 is 0 Å². The Labute approximate surface area is 137 Å². The minimum absolute atomic E-state index is 0.0185. The summed E-state index contributed by atoms with van der Waals surface area (Å²) in [5.41, 5.74) is -0.0185. The number of carbonyl (C=O) groups is 1. The molecule has 0 saturated carbocycles. The van der Waals surface area contributed by atoms with Gasteiger partial charge in [0.25, 0.3) is 0 Å². The zero-order valence-corrected chi connectivity index (χ0v) is 14.4. The third-order valence-electron chi connectivity index (χ3n) is 4.19. The fourth-order valence-electron chi connectivity index (χ4n) is 2.73. The standard InChI is InChI=1S/C16H23FN2O3S/c1-13-7-10-18(11-8-13)16(20)9-12-19(23(2,21)22)15-6-4-3-5-14(15)17/h3-6,13H,7-12H2,1-2H3. The number of nitrogens with zero attached hydrogens (tertiary/aromatic N) is 2. The smallest absolute Gasteiger partial charge is 0.232 e. The van der Waals surface area contributed by atoms with Crippen molar-refractivity contribution in [2.45, 2.75) is 26.2 Å². The van der Waals surface area contributed by atoms with Crippen LogP contribution in [0.5, 0.6) is 0 Å². The number of halogens is 1. The first kappa shape index (κ1) is 17.7. The van der Waals surface area contributed by atoms with E-state index in [1.54, 1.807) is 11.0 Å². The van der Waals surface area contributed by atoms with Crippen molar-refractivity contribution in [3.8, 4) is 0 Å². The molecule has 1 saturated heterocycles. The Morgan fingerprint density at radius 2 is 1.91 bits per heavy atom. The van der Waals surface area contributed by atoms with Crippen molar-refractivity contribution >= 4 is 21.6 Å². The van der Waals surface area contributed by atoms with Gasteiger partial charge in [-0.15, -0.1) is 0 Å². The number of sulfonamides is 1. The van der Waals surface area contributed by atoms with Crippen LogP contribution in [0.3, 0.4) is 0 Å². The number of piperidine rings is 1. The number of hydrogen-bond acceptors (Lipinski definition) is 3. The van der Waals surface area contributed by atoms with E-state index in [1.807, 2.05) is 0 Å². The first-order valence-electron chi connectivity index (χ1n) is 7.79. The van der Waals surface area contributed by atoms with Crippen molar-refractivity contribution in [3.63, 3.8) is 0 Å². The van der Waals surface area contributed by atoms with Gasteiger partial charge in [-0.2, -0.15) is 0 Å². The lowest BCUT2D eigenvalue weighted by atomic mass is 9.99. The van der Waals surface area contributed by atoms with Crippen molar-refractivity contribution in [2.75, 3.05) is 30.2 Å². The molecule has 0 bridgehead atoms. The van der Waals surface area contributed by atoms with E-state index in [0.717, 1.165) is 23.4 Å². The molecule has 0 N–H and O–H groups in total. The zero-order chi connectivity index (χ0) is 17.0. The molecule has 128 valence electrons. The van der Waals surface area contributed by atoms with Gasteiger partial charge in [0.1, 0.15) is 5.82 Å². The Balaban J connectivity index is 2.05. The third-order valence-corrected chi connectivity index (χ3v) is 5.37. The molecular formula is C16H23FN2O3S. The summed E-state index contributed by atoms with van der Waals surface area (Å²) in [4.78, 5) is 14.0. The largest absolute Gasteiger partial charge is 0.343 e. The first-order chi connectivity index (χ1) is 10.8. The summed E-state index contributed by atoms with van der Waals surface area (Å²) in [6.07, 6.45) is 3.01. The van der Waals surface area contributed by atoms with E-state index in [4.69, 9.17) is 0 Å². The summed E-state index contributed by atoms with van der Waals surface area (Å²) in [6, 6.07) is 5.69. The molecule has 2 rings (SSSR count). The maximum Gasteiger partial charge on any atom is 0.232 e. The molecule has 1 fully saturated rings. The maximum atomic E-state index is 13.9.